The Morgan fingerprint density at radius 1 is 0.969 bits per heavy atom. The number of carbonyl (C=O) groups excluding carboxylic acids is 1. The van der Waals surface area contributed by atoms with Gasteiger partial charge >= 0.3 is 0 Å². The highest BCUT2D eigenvalue weighted by Gasteiger charge is 2.31. The van der Waals surface area contributed by atoms with Crippen LogP contribution in [0.15, 0.2) is 72.8 Å². The number of rotatable bonds is 5. The molecular weight excluding hydrogens is 407 g/mol. The minimum atomic E-state index is -0.393. The average Bonchev–Trinajstić information content (AvgIpc) is 3.31. The number of nitrogens with zero attached hydrogens (tertiary/aromatic N) is 3. The summed E-state index contributed by atoms with van der Waals surface area (Å²) in [5.74, 6) is 1.03. The molecule has 0 spiro atoms. The Kier molecular flexibility index (Phi) is 5.15. The third kappa shape index (κ3) is 3.85. The molecule has 1 atom stereocenters. The first kappa shape index (κ1) is 19.9. The van der Waals surface area contributed by atoms with Crippen molar-refractivity contribution in [1.82, 2.24) is 9.97 Å². The Bertz CT molecular complexity index is 1280. The molecule has 1 fully saturated rings. The molecule has 1 amide bonds. The zero-order chi connectivity index (χ0) is 22.1. The number of halogens is 1. The van der Waals surface area contributed by atoms with Crippen LogP contribution in [0.4, 0.5) is 10.3 Å². The third-order valence-corrected chi connectivity index (χ3v) is 5.61. The number of benzene rings is 3. The van der Waals surface area contributed by atoms with Gasteiger partial charge in [0.2, 0.25) is 11.9 Å². The van der Waals surface area contributed by atoms with Crippen molar-refractivity contribution in [2.24, 2.45) is 5.73 Å². The minimum absolute atomic E-state index is 0.310. The molecule has 160 valence electrons. The summed E-state index contributed by atoms with van der Waals surface area (Å²) in [7, 11) is 0. The molecule has 0 saturated carbocycles. The highest BCUT2D eigenvalue weighted by Crippen LogP contribution is 2.32. The average molecular weight is 428 g/mol. The molecule has 1 unspecified atom stereocenters. The van der Waals surface area contributed by atoms with E-state index in [2.05, 4.69) is 0 Å². The zero-order valence-corrected chi connectivity index (χ0v) is 17.2. The maximum atomic E-state index is 13.1. The number of fused-ring (bicyclic) bond motifs is 1. The Hall–Kier alpha value is -4.00. The fourth-order valence-corrected chi connectivity index (χ4v) is 4.03. The van der Waals surface area contributed by atoms with Crippen LogP contribution in [0.1, 0.15) is 12.8 Å². The molecule has 6 nitrogen and oxygen atoms in total. The Balaban J connectivity index is 1.51. The van der Waals surface area contributed by atoms with Gasteiger partial charge in [-0.3, -0.25) is 4.79 Å². The van der Waals surface area contributed by atoms with E-state index in [1.165, 1.54) is 12.1 Å². The van der Waals surface area contributed by atoms with E-state index in [1.54, 1.807) is 12.1 Å². The number of ether oxygens (including phenoxy) is 1. The Morgan fingerprint density at radius 3 is 2.38 bits per heavy atom. The van der Waals surface area contributed by atoms with Gasteiger partial charge < -0.3 is 15.4 Å². The molecule has 2 N–H and O–H groups in total. The third-order valence-electron chi connectivity index (χ3n) is 5.61. The first-order chi connectivity index (χ1) is 15.6. The number of anilines is 1. The molecule has 0 aliphatic carbocycles. The number of carbonyl (C=O) groups is 1. The largest absolute Gasteiger partial charge is 0.457 e. The van der Waals surface area contributed by atoms with E-state index >= 15 is 0 Å². The van der Waals surface area contributed by atoms with Gasteiger partial charge in [-0.15, -0.1) is 0 Å². The molecule has 2 heterocycles. The molecule has 1 aromatic heterocycles. The van der Waals surface area contributed by atoms with Gasteiger partial charge in [0.15, 0.2) is 0 Å². The van der Waals surface area contributed by atoms with E-state index in [0.717, 1.165) is 28.6 Å². The quantitative estimate of drug-likeness (QED) is 0.499. The van der Waals surface area contributed by atoms with Crippen LogP contribution in [0.2, 0.25) is 0 Å². The number of hydrogen-bond acceptors (Lipinski definition) is 5. The summed E-state index contributed by atoms with van der Waals surface area (Å²) in [5.41, 5.74) is 8.07. The smallest absolute Gasteiger partial charge is 0.240 e. The van der Waals surface area contributed by atoms with Crippen LogP contribution in [0.3, 0.4) is 0 Å². The highest BCUT2D eigenvalue weighted by atomic mass is 19.1. The van der Waals surface area contributed by atoms with E-state index < -0.39 is 6.04 Å². The second-order valence-electron chi connectivity index (χ2n) is 7.72. The van der Waals surface area contributed by atoms with E-state index in [0.29, 0.717) is 30.4 Å². The first-order valence-electron chi connectivity index (χ1n) is 10.4. The predicted octanol–water partition coefficient (Wildman–Crippen LogP) is 4.68. The van der Waals surface area contributed by atoms with Crippen molar-refractivity contribution < 1.29 is 13.9 Å². The molecule has 0 radical (unpaired) electrons. The summed E-state index contributed by atoms with van der Waals surface area (Å²) in [6.07, 6.45) is 1.57. The number of aromatic nitrogens is 2. The number of primary amides is 1. The molecule has 4 aromatic rings. The van der Waals surface area contributed by atoms with E-state index in [9.17, 15) is 9.18 Å². The number of hydrogen-bond donors (Lipinski definition) is 1. The molecule has 7 heteroatoms. The maximum absolute atomic E-state index is 13.1. The highest BCUT2D eigenvalue weighted by molar-refractivity contribution is 5.93. The molecule has 1 aliphatic rings. The molecule has 1 aliphatic heterocycles. The van der Waals surface area contributed by atoms with Gasteiger partial charge in [0.25, 0.3) is 0 Å². The molecular formula is C25H21FN4O2. The van der Waals surface area contributed by atoms with Gasteiger partial charge in [0.05, 0.1) is 11.2 Å². The normalized spacial score (nSPS) is 15.8. The lowest BCUT2D eigenvalue weighted by Crippen LogP contribution is -2.41. The fraction of sp³-hybridized carbons (Fsp3) is 0.160. The van der Waals surface area contributed by atoms with Crippen LogP contribution < -0.4 is 15.4 Å². The monoisotopic (exact) mass is 428 g/mol. The van der Waals surface area contributed by atoms with Gasteiger partial charge in [0, 0.05) is 17.5 Å². The van der Waals surface area contributed by atoms with Crippen molar-refractivity contribution in [3.63, 3.8) is 0 Å². The Morgan fingerprint density at radius 2 is 1.66 bits per heavy atom. The summed E-state index contributed by atoms with van der Waals surface area (Å²) >= 11 is 0. The molecule has 32 heavy (non-hydrogen) atoms. The maximum Gasteiger partial charge on any atom is 0.240 e. The molecule has 1 saturated heterocycles. The second kappa shape index (κ2) is 8.26. The second-order valence-corrected chi connectivity index (χ2v) is 7.72. The van der Waals surface area contributed by atoms with Crippen LogP contribution in [-0.4, -0.2) is 28.5 Å². The van der Waals surface area contributed by atoms with Crippen molar-refractivity contribution >= 4 is 22.8 Å². The zero-order valence-electron chi connectivity index (χ0n) is 17.2. The lowest BCUT2D eigenvalue weighted by molar-refractivity contribution is -0.119. The topological polar surface area (TPSA) is 81.3 Å². The van der Waals surface area contributed by atoms with Crippen LogP contribution in [0.25, 0.3) is 22.2 Å². The summed E-state index contributed by atoms with van der Waals surface area (Å²) in [4.78, 5) is 23.3. The molecule has 5 rings (SSSR count). The summed E-state index contributed by atoms with van der Waals surface area (Å²) < 4.78 is 18.9. The standard InChI is InChI=1S/C25H21FN4O2/c26-17-9-13-19(14-10-17)32-18-11-7-16(8-12-18)23-20-4-1-2-5-21(20)28-25(29-23)30-15-3-6-22(30)24(27)31/h1-2,4-5,7-14,22H,3,6,15H2,(H2,27,31). The molecule has 0 bridgehead atoms. The van der Waals surface area contributed by atoms with Gasteiger partial charge in [-0.25, -0.2) is 14.4 Å². The van der Waals surface area contributed by atoms with Gasteiger partial charge in [0.1, 0.15) is 23.4 Å². The number of nitrogens with two attached hydrogens (primary N) is 1. The SMILES string of the molecule is NC(=O)C1CCCN1c1nc(-c2ccc(Oc3ccc(F)cc3)cc2)c2ccccc2n1. The Labute approximate surface area is 184 Å². The van der Waals surface area contributed by atoms with Gasteiger partial charge in [-0.2, -0.15) is 0 Å². The van der Waals surface area contributed by atoms with Crippen molar-refractivity contribution in [2.45, 2.75) is 18.9 Å². The van der Waals surface area contributed by atoms with E-state index in [1.807, 2.05) is 53.4 Å². The van der Waals surface area contributed by atoms with Gasteiger partial charge in [-0.05, 0) is 67.4 Å². The number of para-hydroxylation sites is 1. The first-order valence-corrected chi connectivity index (χ1v) is 10.4. The fourth-order valence-electron chi connectivity index (χ4n) is 4.03. The van der Waals surface area contributed by atoms with Crippen molar-refractivity contribution in [1.29, 1.82) is 0 Å². The van der Waals surface area contributed by atoms with Crippen LogP contribution in [0.5, 0.6) is 11.5 Å². The minimum Gasteiger partial charge on any atom is -0.457 e. The molecule has 3 aromatic carbocycles. The van der Waals surface area contributed by atoms with Crippen molar-refractivity contribution in [2.75, 3.05) is 11.4 Å². The van der Waals surface area contributed by atoms with Crippen LogP contribution in [-0.2, 0) is 4.79 Å². The lowest BCUT2D eigenvalue weighted by Gasteiger charge is -2.23. The van der Waals surface area contributed by atoms with Gasteiger partial charge in [-0.1, -0.05) is 18.2 Å². The summed E-state index contributed by atoms with van der Waals surface area (Å²) in [5, 5.41) is 0.915. The summed E-state index contributed by atoms with van der Waals surface area (Å²) in [6.45, 7) is 0.690. The lowest BCUT2D eigenvalue weighted by atomic mass is 10.1. The number of amides is 1. The van der Waals surface area contributed by atoms with Crippen LogP contribution in [0, 0.1) is 5.82 Å². The predicted molar refractivity (Wildman–Crippen MR) is 121 cm³/mol. The van der Waals surface area contributed by atoms with Crippen molar-refractivity contribution in [3.05, 3.63) is 78.6 Å². The van der Waals surface area contributed by atoms with Crippen molar-refractivity contribution in [3.8, 4) is 22.8 Å². The van der Waals surface area contributed by atoms with Crippen LogP contribution >= 0.6 is 0 Å². The summed E-state index contributed by atoms with van der Waals surface area (Å²) in [6, 6.07) is 20.8. The van der Waals surface area contributed by atoms with E-state index in [-0.39, 0.29) is 11.7 Å². The van der Waals surface area contributed by atoms with E-state index in [4.69, 9.17) is 20.4 Å².